The van der Waals surface area contributed by atoms with Gasteiger partial charge in [0, 0.05) is 5.69 Å². The van der Waals surface area contributed by atoms with Crippen LogP contribution in [0.3, 0.4) is 0 Å². The average Bonchev–Trinajstić information content (AvgIpc) is 2.70. The highest BCUT2D eigenvalue weighted by molar-refractivity contribution is 6.18. The van der Waals surface area contributed by atoms with Crippen LogP contribution in [0.15, 0.2) is 24.3 Å². The van der Waals surface area contributed by atoms with E-state index < -0.39 is 23.9 Å². The first-order chi connectivity index (χ1) is 8.41. The van der Waals surface area contributed by atoms with E-state index in [9.17, 15) is 18.0 Å². The third kappa shape index (κ3) is 2.53. The molecule has 1 aliphatic heterocycles. The summed E-state index contributed by atoms with van der Waals surface area (Å²) in [5, 5.41) is 0. The summed E-state index contributed by atoms with van der Waals surface area (Å²) in [6, 6.07) is 4.54. The Kier molecular flexibility index (Phi) is 3.38. The zero-order valence-corrected chi connectivity index (χ0v) is 9.83. The Hall–Kier alpha value is -1.43. The number of benzene rings is 1. The molecule has 0 spiro atoms. The lowest BCUT2D eigenvalue weighted by Crippen LogP contribution is -2.25. The molecule has 1 amide bonds. The van der Waals surface area contributed by atoms with Crippen molar-refractivity contribution in [2.75, 3.05) is 17.3 Å². The third-order valence-electron chi connectivity index (χ3n) is 2.53. The Morgan fingerprint density at radius 3 is 2.72 bits per heavy atom. The maximum atomic E-state index is 12.5. The van der Waals surface area contributed by atoms with Crippen LogP contribution in [0.25, 0.3) is 0 Å². The number of cyclic esters (lactones) is 1. The first kappa shape index (κ1) is 13.0. The monoisotopic (exact) mass is 279 g/mol. The summed E-state index contributed by atoms with van der Waals surface area (Å²) < 4.78 is 42.5. The van der Waals surface area contributed by atoms with Gasteiger partial charge in [0.1, 0.15) is 6.10 Å². The van der Waals surface area contributed by atoms with Crippen molar-refractivity contribution in [1.82, 2.24) is 0 Å². The quantitative estimate of drug-likeness (QED) is 0.778. The Morgan fingerprint density at radius 2 is 2.17 bits per heavy atom. The number of carbonyl (C=O) groups is 1. The van der Waals surface area contributed by atoms with E-state index in [1.165, 1.54) is 12.1 Å². The van der Waals surface area contributed by atoms with Crippen LogP contribution >= 0.6 is 11.6 Å². The molecular weight excluding hydrogens is 271 g/mol. The van der Waals surface area contributed by atoms with Gasteiger partial charge < -0.3 is 4.74 Å². The number of rotatable bonds is 2. The van der Waals surface area contributed by atoms with Crippen molar-refractivity contribution in [2.45, 2.75) is 12.3 Å². The van der Waals surface area contributed by atoms with Gasteiger partial charge in [-0.3, -0.25) is 4.90 Å². The molecule has 0 saturated carbocycles. The Labute approximate surface area is 106 Å². The van der Waals surface area contributed by atoms with Gasteiger partial charge in [0.05, 0.1) is 18.0 Å². The van der Waals surface area contributed by atoms with E-state index >= 15 is 0 Å². The highest BCUT2D eigenvalue weighted by Gasteiger charge is 2.34. The van der Waals surface area contributed by atoms with Crippen molar-refractivity contribution < 1.29 is 22.7 Å². The molecule has 0 radical (unpaired) electrons. The van der Waals surface area contributed by atoms with E-state index in [4.69, 9.17) is 16.3 Å². The molecule has 7 heteroatoms. The molecule has 0 aliphatic carbocycles. The highest BCUT2D eigenvalue weighted by atomic mass is 35.5. The average molecular weight is 280 g/mol. The van der Waals surface area contributed by atoms with Crippen LogP contribution < -0.4 is 4.90 Å². The van der Waals surface area contributed by atoms with E-state index in [1.54, 1.807) is 0 Å². The van der Waals surface area contributed by atoms with Gasteiger partial charge in [0.15, 0.2) is 0 Å². The second-order valence-corrected chi connectivity index (χ2v) is 4.13. The second-order valence-electron chi connectivity index (χ2n) is 3.82. The van der Waals surface area contributed by atoms with Gasteiger partial charge in [-0.25, -0.2) is 4.79 Å². The maximum Gasteiger partial charge on any atom is 0.416 e. The molecule has 0 aromatic heterocycles. The van der Waals surface area contributed by atoms with Crippen LogP contribution in [0, 0.1) is 0 Å². The summed E-state index contributed by atoms with van der Waals surface area (Å²) in [6.45, 7) is 0.156. The Morgan fingerprint density at radius 1 is 1.44 bits per heavy atom. The first-order valence-corrected chi connectivity index (χ1v) is 5.66. The molecule has 98 valence electrons. The lowest BCUT2D eigenvalue weighted by atomic mass is 10.2. The predicted molar refractivity (Wildman–Crippen MR) is 59.8 cm³/mol. The van der Waals surface area contributed by atoms with Crippen LogP contribution in [0.1, 0.15) is 5.56 Å². The molecular formula is C11H9ClF3NO2. The minimum Gasteiger partial charge on any atom is -0.443 e. The molecule has 1 fully saturated rings. The molecule has 0 bridgehead atoms. The van der Waals surface area contributed by atoms with Crippen molar-refractivity contribution in [3.8, 4) is 0 Å². The van der Waals surface area contributed by atoms with E-state index in [1.807, 2.05) is 0 Å². The lowest BCUT2D eigenvalue weighted by molar-refractivity contribution is -0.137. The van der Waals surface area contributed by atoms with Crippen molar-refractivity contribution in [1.29, 1.82) is 0 Å². The Balaban J connectivity index is 2.27. The SMILES string of the molecule is O=C1O[C@@H](CCl)CN1c1cccc(C(F)(F)F)c1. The molecule has 1 atom stereocenters. The molecule has 1 aliphatic rings. The van der Waals surface area contributed by atoms with Crippen LogP contribution in [0.4, 0.5) is 23.7 Å². The topological polar surface area (TPSA) is 29.5 Å². The minimum absolute atomic E-state index is 0.112. The fourth-order valence-electron chi connectivity index (χ4n) is 1.66. The number of alkyl halides is 4. The maximum absolute atomic E-state index is 12.5. The first-order valence-electron chi connectivity index (χ1n) is 5.13. The van der Waals surface area contributed by atoms with Crippen molar-refractivity contribution in [2.24, 2.45) is 0 Å². The molecule has 18 heavy (non-hydrogen) atoms. The summed E-state index contributed by atoms with van der Waals surface area (Å²) >= 11 is 5.55. The van der Waals surface area contributed by atoms with Crippen molar-refractivity contribution in [3.05, 3.63) is 29.8 Å². The van der Waals surface area contributed by atoms with E-state index in [0.29, 0.717) is 0 Å². The number of hydrogen-bond acceptors (Lipinski definition) is 2. The zero-order valence-electron chi connectivity index (χ0n) is 9.08. The molecule has 1 saturated heterocycles. The standard InChI is InChI=1S/C11H9ClF3NO2/c12-5-9-6-16(10(17)18-9)8-3-1-2-7(4-8)11(13,14)15/h1-4,9H,5-6H2/t9-/m0/s1. The van der Waals surface area contributed by atoms with Gasteiger partial charge in [-0.1, -0.05) is 6.07 Å². The lowest BCUT2D eigenvalue weighted by Gasteiger charge is -2.15. The Bertz CT molecular complexity index is 464. The van der Waals surface area contributed by atoms with Gasteiger partial charge in [-0.15, -0.1) is 11.6 Å². The second kappa shape index (κ2) is 4.68. The fourth-order valence-corrected chi connectivity index (χ4v) is 1.82. The highest BCUT2D eigenvalue weighted by Crippen LogP contribution is 2.32. The summed E-state index contributed by atoms with van der Waals surface area (Å²) in [4.78, 5) is 12.6. The molecule has 0 unspecified atom stereocenters. The summed E-state index contributed by atoms with van der Waals surface area (Å²) in [5.74, 6) is 0.112. The molecule has 3 nitrogen and oxygen atoms in total. The van der Waals surface area contributed by atoms with Crippen LogP contribution in [-0.2, 0) is 10.9 Å². The number of anilines is 1. The third-order valence-corrected chi connectivity index (χ3v) is 2.88. The number of carbonyl (C=O) groups excluding carboxylic acids is 1. The largest absolute Gasteiger partial charge is 0.443 e. The molecule has 1 aromatic carbocycles. The van der Waals surface area contributed by atoms with Gasteiger partial charge in [-0.2, -0.15) is 13.2 Å². The van der Waals surface area contributed by atoms with Crippen LogP contribution in [0.5, 0.6) is 0 Å². The van der Waals surface area contributed by atoms with Gasteiger partial charge >= 0.3 is 12.3 Å². The molecule has 2 rings (SSSR count). The summed E-state index contributed by atoms with van der Waals surface area (Å²) in [6.07, 6.45) is -5.61. The van der Waals surface area contributed by atoms with Crippen LogP contribution in [-0.4, -0.2) is 24.6 Å². The fraction of sp³-hybridized carbons (Fsp3) is 0.364. The van der Waals surface area contributed by atoms with Crippen molar-refractivity contribution in [3.63, 3.8) is 0 Å². The number of ether oxygens (including phenoxy) is 1. The van der Waals surface area contributed by atoms with Gasteiger partial charge in [0.25, 0.3) is 0 Å². The normalized spacial score (nSPS) is 20.1. The molecule has 1 heterocycles. The van der Waals surface area contributed by atoms with E-state index in [0.717, 1.165) is 17.0 Å². The van der Waals surface area contributed by atoms with Gasteiger partial charge in [-0.05, 0) is 18.2 Å². The molecule has 1 aromatic rings. The number of hydrogen-bond donors (Lipinski definition) is 0. The number of amides is 1. The summed E-state index contributed by atoms with van der Waals surface area (Å²) in [7, 11) is 0. The number of halogens is 4. The van der Waals surface area contributed by atoms with E-state index in [-0.39, 0.29) is 18.1 Å². The van der Waals surface area contributed by atoms with Crippen molar-refractivity contribution >= 4 is 23.4 Å². The number of nitrogens with zero attached hydrogens (tertiary/aromatic N) is 1. The smallest absolute Gasteiger partial charge is 0.416 e. The zero-order chi connectivity index (χ0) is 13.3. The minimum atomic E-state index is -4.44. The summed E-state index contributed by atoms with van der Waals surface area (Å²) in [5.41, 5.74) is -0.649. The predicted octanol–water partition coefficient (Wildman–Crippen LogP) is 3.27. The molecule has 0 N–H and O–H groups in total. The van der Waals surface area contributed by atoms with Crippen LogP contribution in [0.2, 0.25) is 0 Å². The van der Waals surface area contributed by atoms with Gasteiger partial charge in [0.2, 0.25) is 0 Å². The van der Waals surface area contributed by atoms with E-state index in [2.05, 4.69) is 0 Å².